The van der Waals surface area contributed by atoms with Gasteiger partial charge in [0.05, 0.1) is 13.2 Å². The van der Waals surface area contributed by atoms with E-state index in [2.05, 4.69) is 6.92 Å². The third-order valence-electron chi connectivity index (χ3n) is 4.79. The molecular formula is C24H39NO7S. The van der Waals surface area contributed by atoms with E-state index in [0.717, 1.165) is 17.1 Å². The van der Waals surface area contributed by atoms with E-state index < -0.39 is 12.1 Å². The number of rotatable bonds is 19. The highest BCUT2D eigenvalue weighted by Crippen LogP contribution is 2.15. The number of nitrogens with zero attached hydrogens (tertiary/aromatic N) is 1. The Morgan fingerprint density at radius 2 is 1.79 bits per heavy atom. The van der Waals surface area contributed by atoms with Crippen molar-refractivity contribution in [3.05, 3.63) is 29.8 Å². The van der Waals surface area contributed by atoms with Crippen LogP contribution >= 0.6 is 11.8 Å². The van der Waals surface area contributed by atoms with Crippen LogP contribution in [0.2, 0.25) is 0 Å². The second kappa shape index (κ2) is 18.5. The van der Waals surface area contributed by atoms with Gasteiger partial charge in [0.25, 0.3) is 0 Å². The van der Waals surface area contributed by atoms with Gasteiger partial charge in [-0.3, -0.25) is 0 Å². The topological polar surface area (TPSA) is 94.5 Å². The second-order valence-corrected chi connectivity index (χ2v) is 8.62. The predicted octanol–water partition coefficient (Wildman–Crippen LogP) is 4.11. The van der Waals surface area contributed by atoms with Gasteiger partial charge in [0.2, 0.25) is 0 Å². The van der Waals surface area contributed by atoms with Crippen LogP contribution in [-0.4, -0.2) is 86.3 Å². The number of benzene rings is 1. The molecule has 1 aromatic carbocycles. The van der Waals surface area contributed by atoms with Gasteiger partial charge in [-0.15, -0.1) is 0 Å². The van der Waals surface area contributed by atoms with Crippen molar-refractivity contribution in [1.29, 1.82) is 0 Å². The molecule has 0 aliphatic rings. The number of ether oxygens (including phenoxy) is 4. The molecule has 33 heavy (non-hydrogen) atoms. The van der Waals surface area contributed by atoms with Gasteiger partial charge in [-0.1, -0.05) is 31.9 Å². The standard InChI is InChI=1S/C24H39NO7S/c1-4-6-7-17-33-18-13-25(24(28)32-16-15-29-3)12-14-31-21-10-8-20(9-11-21)19-22(23(26)27)30-5-2/h8-11,22H,4-7,12-19H2,1-3H3,(H,26,27). The SMILES string of the molecule is CCCCCSCCN(CCOc1ccc(CC(OCC)C(=O)O)cc1)C(=O)OCCOC. The maximum Gasteiger partial charge on any atom is 0.409 e. The number of amides is 1. The number of carbonyl (C=O) groups excluding carboxylic acids is 1. The zero-order valence-corrected chi connectivity index (χ0v) is 20.9. The summed E-state index contributed by atoms with van der Waals surface area (Å²) in [5, 5.41) is 9.22. The second-order valence-electron chi connectivity index (χ2n) is 7.39. The lowest BCUT2D eigenvalue weighted by molar-refractivity contribution is -0.149. The summed E-state index contributed by atoms with van der Waals surface area (Å²) < 4.78 is 21.3. The van der Waals surface area contributed by atoms with Gasteiger partial charge in [0.15, 0.2) is 6.10 Å². The van der Waals surface area contributed by atoms with Crippen LogP contribution in [0.3, 0.4) is 0 Å². The van der Waals surface area contributed by atoms with Gasteiger partial charge in [0.1, 0.15) is 19.0 Å². The molecule has 9 heteroatoms. The molecule has 1 N–H and O–H groups in total. The van der Waals surface area contributed by atoms with Crippen LogP contribution in [0.25, 0.3) is 0 Å². The molecule has 188 valence electrons. The first kappa shape index (κ1) is 29.1. The van der Waals surface area contributed by atoms with E-state index in [-0.39, 0.29) is 12.7 Å². The molecule has 0 aliphatic carbocycles. The Morgan fingerprint density at radius 3 is 2.42 bits per heavy atom. The summed E-state index contributed by atoms with van der Waals surface area (Å²) in [7, 11) is 1.57. The van der Waals surface area contributed by atoms with Gasteiger partial charge in [-0.2, -0.15) is 11.8 Å². The number of methoxy groups -OCH3 is 1. The zero-order chi connectivity index (χ0) is 24.3. The van der Waals surface area contributed by atoms with E-state index >= 15 is 0 Å². The molecule has 0 fully saturated rings. The highest BCUT2D eigenvalue weighted by atomic mass is 32.2. The van der Waals surface area contributed by atoms with Crippen molar-refractivity contribution >= 4 is 23.8 Å². The van der Waals surface area contributed by atoms with Crippen molar-refractivity contribution in [2.45, 2.75) is 45.6 Å². The molecule has 0 spiro atoms. The van der Waals surface area contributed by atoms with Gasteiger partial charge in [-0.05, 0) is 36.8 Å². The third kappa shape index (κ3) is 13.4. The first-order chi connectivity index (χ1) is 16.0. The summed E-state index contributed by atoms with van der Waals surface area (Å²) >= 11 is 1.84. The van der Waals surface area contributed by atoms with Crippen LogP contribution in [0.1, 0.15) is 38.7 Å². The molecule has 1 unspecified atom stereocenters. The summed E-state index contributed by atoms with van der Waals surface area (Å²) in [5.41, 5.74) is 0.853. The fraction of sp³-hybridized carbons (Fsp3) is 0.667. The summed E-state index contributed by atoms with van der Waals surface area (Å²) in [6.07, 6.45) is 2.68. The summed E-state index contributed by atoms with van der Waals surface area (Å²) in [6, 6.07) is 7.25. The Hall–Kier alpha value is -1.97. The van der Waals surface area contributed by atoms with Crippen LogP contribution in [0.4, 0.5) is 4.79 Å². The number of carboxylic acids is 1. The van der Waals surface area contributed by atoms with Gasteiger partial charge >= 0.3 is 12.1 Å². The van der Waals surface area contributed by atoms with Crippen LogP contribution in [0, 0.1) is 0 Å². The fourth-order valence-corrected chi connectivity index (χ4v) is 3.92. The molecular weight excluding hydrogens is 446 g/mol. The van der Waals surface area contributed by atoms with Crippen LogP contribution in [-0.2, 0) is 25.4 Å². The molecule has 1 aromatic rings. The van der Waals surface area contributed by atoms with Gasteiger partial charge < -0.3 is 29.0 Å². The van der Waals surface area contributed by atoms with Crippen LogP contribution in [0.5, 0.6) is 5.75 Å². The minimum absolute atomic E-state index is 0.219. The van der Waals surface area contributed by atoms with Crippen molar-refractivity contribution in [3.8, 4) is 5.75 Å². The number of thioether (sulfide) groups is 1. The third-order valence-corrected chi connectivity index (χ3v) is 5.84. The van der Waals surface area contributed by atoms with Crippen molar-refractivity contribution in [3.63, 3.8) is 0 Å². The zero-order valence-electron chi connectivity index (χ0n) is 20.1. The molecule has 0 aliphatic heterocycles. The Labute approximate surface area is 201 Å². The van der Waals surface area contributed by atoms with E-state index in [4.69, 9.17) is 18.9 Å². The highest BCUT2D eigenvalue weighted by molar-refractivity contribution is 7.99. The Morgan fingerprint density at radius 1 is 1.03 bits per heavy atom. The van der Waals surface area contributed by atoms with Crippen molar-refractivity contribution < 1.29 is 33.6 Å². The van der Waals surface area contributed by atoms with Crippen molar-refractivity contribution in [2.24, 2.45) is 0 Å². The number of carboxylic acid groups (broad SMARTS) is 1. The van der Waals surface area contributed by atoms with Crippen LogP contribution in [0.15, 0.2) is 24.3 Å². The number of aliphatic carboxylic acids is 1. The smallest absolute Gasteiger partial charge is 0.409 e. The average Bonchev–Trinajstić information content (AvgIpc) is 2.80. The maximum absolute atomic E-state index is 12.4. The maximum atomic E-state index is 12.4. The fourth-order valence-electron chi connectivity index (χ4n) is 2.96. The summed E-state index contributed by atoms with van der Waals surface area (Å²) in [6.45, 7) is 6.22. The van der Waals surface area contributed by atoms with E-state index in [9.17, 15) is 14.7 Å². The predicted molar refractivity (Wildman–Crippen MR) is 130 cm³/mol. The molecule has 8 nitrogen and oxygen atoms in total. The average molecular weight is 486 g/mol. The van der Waals surface area contributed by atoms with E-state index in [1.165, 1.54) is 19.3 Å². The first-order valence-corrected chi connectivity index (χ1v) is 12.7. The van der Waals surface area contributed by atoms with Crippen molar-refractivity contribution in [1.82, 2.24) is 4.90 Å². The number of unbranched alkanes of at least 4 members (excludes halogenated alkanes) is 2. The summed E-state index contributed by atoms with van der Waals surface area (Å²) in [4.78, 5) is 25.3. The Bertz CT molecular complexity index is 657. The first-order valence-electron chi connectivity index (χ1n) is 11.6. The number of carbonyl (C=O) groups is 2. The molecule has 1 amide bonds. The Kier molecular flexibility index (Phi) is 16.3. The molecule has 0 heterocycles. The molecule has 1 atom stereocenters. The van der Waals surface area contributed by atoms with E-state index in [0.29, 0.717) is 45.1 Å². The monoisotopic (exact) mass is 485 g/mol. The molecule has 0 saturated carbocycles. The molecule has 0 aromatic heterocycles. The normalized spacial score (nSPS) is 11.7. The molecule has 1 rings (SSSR count). The lowest BCUT2D eigenvalue weighted by Crippen LogP contribution is -2.37. The Balaban J connectivity index is 2.50. The minimum Gasteiger partial charge on any atom is -0.492 e. The lowest BCUT2D eigenvalue weighted by atomic mass is 10.1. The lowest BCUT2D eigenvalue weighted by Gasteiger charge is -2.22. The highest BCUT2D eigenvalue weighted by Gasteiger charge is 2.18. The largest absolute Gasteiger partial charge is 0.492 e. The summed E-state index contributed by atoms with van der Waals surface area (Å²) in [5.74, 6) is 1.62. The molecule has 0 bridgehead atoms. The number of hydrogen-bond donors (Lipinski definition) is 1. The minimum atomic E-state index is -0.974. The number of hydrogen-bond acceptors (Lipinski definition) is 7. The van der Waals surface area contributed by atoms with E-state index in [1.807, 2.05) is 23.9 Å². The van der Waals surface area contributed by atoms with Crippen molar-refractivity contribution in [2.75, 3.05) is 58.1 Å². The van der Waals surface area contributed by atoms with Gasteiger partial charge in [-0.25, -0.2) is 9.59 Å². The molecule has 0 radical (unpaired) electrons. The quantitative estimate of drug-likeness (QED) is 0.293. The van der Waals surface area contributed by atoms with Gasteiger partial charge in [0, 0.05) is 32.4 Å². The van der Waals surface area contributed by atoms with E-state index in [1.54, 1.807) is 31.1 Å². The molecule has 0 saturated heterocycles. The van der Waals surface area contributed by atoms with Crippen LogP contribution < -0.4 is 4.74 Å².